The highest BCUT2D eigenvalue weighted by Gasteiger charge is 2.30. The largest absolute Gasteiger partial charge is 0.347 e. The molecule has 1 aliphatic carbocycles. The van der Waals surface area contributed by atoms with Crippen LogP contribution in [0.4, 0.5) is 0 Å². The van der Waals surface area contributed by atoms with Crippen molar-refractivity contribution in [1.82, 2.24) is 14.9 Å². The van der Waals surface area contributed by atoms with E-state index < -0.39 is 0 Å². The smallest absolute Gasteiger partial charge is 0.312 e. The zero-order valence-electron chi connectivity index (χ0n) is 9.72. The van der Waals surface area contributed by atoms with Crippen LogP contribution in [0.5, 0.6) is 0 Å². The van der Waals surface area contributed by atoms with E-state index in [1.165, 1.54) is 12.8 Å². The summed E-state index contributed by atoms with van der Waals surface area (Å²) in [4.78, 5) is 15.3. The van der Waals surface area contributed by atoms with Crippen molar-refractivity contribution >= 4 is 0 Å². The van der Waals surface area contributed by atoms with Crippen molar-refractivity contribution in [2.45, 2.75) is 38.8 Å². The maximum absolute atomic E-state index is 11.5. The summed E-state index contributed by atoms with van der Waals surface area (Å²) in [5.41, 5.74) is -0.147. The first-order valence-corrected chi connectivity index (χ1v) is 6.06. The molecule has 0 spiro atoms. The van der Waals surface area contributed by atoms with E-state index in [1.54, 1.807) is 10.8 Å². The third-order valence-corrected chi connectivity index (χ3v) is 3.02. The fourth-order valence-electron chi connectivity index (χ4n) is 1.95. The Morgan fingerprint density at radius 3 is 3.06 bits per heavy atom. The Labute approximate surface area is 95.7 Å². The van der Waals surface area contributed by atoms with Gasteiger partial charge in [0.05, 0.1) is 0 Å². The van der Waals surface area contributed by atoms with Gasteiger partial charge in [-0.05, 0) is 37.8 Å². The molecule has 1 saturated carbocycles. The summed E-state index contributed by atoms with van der Waals surface area (Å²) >= 11 is 0. The molecule has 1 heterocycles. The van der Waals surface area contributed by atoms with Crippen molar-refractivity contribution < 1.29 is 0 Å². The quantitative estimate of drug-likeness (QED) is 0.780. The molecule has 0 aliphatic heterocycles. The van der Waals surface area contributed by atoms with Crippen LogP contribution in [0.3, 0.4) is 0 Å². The molecule has 0 aromatic carbocycles. The van der Waals surface area contributed by atoms with Crippen LogP contribution in [-0.4, -0.2) is 22.1 Å². The van der Waals surface area contributed by atoms with Crippen LogP contribution in [0, 0.1) is 5.92 Å². The average molecular weight is 221 g/mol. The lowest BCUT2D eigenvalue weighted by Gasteiger charge is -2.18. The van der Waals surface area contributed by atoms with Gasteiger partial charge < -0.3 is 5.32 Å². The Hall–Kier alpha value is -1.16. The summed E-state index contributed by atoms with van der Waals surface area (Å²) in [5, 5.41) is 3.52. The van der Waals surface area contributed by atoms with Gasteiger partial charge in [-0.25, -0.2) is 9.78 Å². The van der Waals surface area contributed by atoms with Gasteiger partial charge in [-0.1, -0.05) is 6.92 Å². The molecule has 4 heteroatoms. The van der Waals surface area contributed by atoms with Crippen LogP contribution in [0.15, 0.2) is 23.3 Å². The first-order chi connectivity index (χ1) is 7.81. The second kappa shape index (κ2) is 5.25. The second-order valence-electron chi connectivity index (χ2n) is 4.45. The lowest BCUT2D eigenvalue weighted by molar-refractivity contribution is 0.399. The minimum Gasteiger partial charge on any atom is -0.312 e. The van der Waals surface area contributed by atoms with Gasteiger partial charge in [0.15, 0.2) is 0 Å². The lowest BCUT2D eigenvalue weighted by atomic mass is 10.2. The Kier molecular flexibility index (Phi) is 3.72. The highest BCUT2D eigenvalue weighted by molar-refractivity contribution is 4.89. The van der Waals surface area contributed by atoms with Crippen molar-refractivity contribution in [3.05, 3.63) is 28.9 Å². The number of hydrogen-bond donors (Lipinski definition) is 1. The summed E-state index contributed by atoms with van der Waals surface area (Å²) in [6, 6.07) is 2.24. The van der Waals surface area contributed by atoms with Crippen molar-refractivity contribution in [3.8, 4) is 0 Å². The average Bonchev–Trinajstić information content (AvgIpc) is 3.10. The van der Waals surface area contributed by atoms with Gasteiger partial charge in [-0.3, -0.25) is 4.57 Å². The molecule has 1 aromatic rings. The van der Waals surface area contributed by atoms with Crippen molar-refractivity contribution in [2.75, 3.05) is 6.54 Å². The van der Waals surface area contributed by atoms with Gasteiger partial charge in [0.25, 0.3) is 0 Å². The molecule has 1 fully saturated rings. The number of hydrogen-bond acceptors (Lipinski definition) is 3. The summed E-state index contributed by atoms with van der Waals surface area (Å²) < 4.78 is 1.70. The van der Waals surface area contributed by atoms with E-state index in [4.69, 9.17) is 0 Å². The van der Waals surface area contributed by atoms with Crippen LogP contribution in [0.1, 0.15) is 26.2 Å². The molecule has 16 heavy (non-hydrogen) atoms. The van der Waals surface area contributed by atoms with E-state index >= 15 is 0 Å². The molecule has 0 amide bonds. The Balaban J connectivity index is 1.99. The Bertz CT molecular complexity index is 384. The van der Waals surface area contributed by atoms with Gasteiger partial charge >= 0.3 is 5.69 Å². The van der Waals surface area contributed by atoms with Gasteiger partial charge in [-0.2, -0.15) is 0 Å². The third-order valence-electron chi connectivity index (χ3n) is 3.02. The highest BCUT2D eigenvalue weighted by Crippen LogP contribution is 2.33. The number of aromatic nitrogens is 2. The second-order valence-corrected chi connectivity index (χ2v) is 4.45. The molecule has 1 aromatic heterocycles. The fourth-order valence-corrected chi connectivity index (χ4v) is 1.95. The van der Waals surface area contributed by atoms with E-state index in [0.29, 0.717) is 6.04 Å². The van der Waals surface area contributed by atoms with Crippen molar-refractivity contribution in [2.24, 2.45) is 5.92 Å². The van der Waals surface area contributed by atoms with Crippen molar-refractivity contribution in [3.63, 3.8) is 0 Å². The Morgan fingerprint density at radius 2 is 2.44 bits per heavy atom. The summed E-state index contributed by atoms with van der Waals surface area (Å²) in [6.45, 7) is 3.93. The zero-order valence-corrected chi connectivity index (χ0v) is 9.72. The van der Waals surface area contributed by atoms with Crippen LogP contribution >= 0.6 is 0 Å². The van der Waals surface area contributed by atoms with E-state index in [1.807, 2.05) is 12.3 Å². The number of nitrogens with zero attached hydrogens (tertiary/aromatic N) is 2. The van der Waals surface area contributed by atoms with Crippen LogP contribution in [0.25, 0.3) is 0 Å². The first-order valence-electron chi connectivity index (χ1n) is 6.06. The standard InChI is InChI=1S/C12H19N3O/c1-2-6-13-11(10-4-5-10)9-15-8-3-7-14-12(15)16/h3,7-8,10-11,13H,2,4-6,9H2,1H3. The molecule has 0 radical (unpaired) electrons. The van der Waals surface area contributed by atoms with E-state index in [0.717, 1.165) is 25.4 Å². The fraction of sp³-hybridized carbons (Fsp3) is 0.667. The van der Waals surface area contributed by atoms with Crippen LogP contribution in [0.2, 0.25) is 0 Å². The van der Waals surface area contributed by atoms with Gasteiger partial charge in [0.2, 0.25) is 0 Å². The monoisotopic (exact) mass is 221 g/mol. The van der Waals surface area contributed by atoms with Gasteiger partial charge in [0.1, 0.15) is 0 Å². The SMILES string of the molecule is CCCNC(Cn1cccnc1=O)C1CC1. The molecule has 88 valence electrons. The van der Waals surface area contributed by atoms with Gasteiger partial charge in [0, 0.05) is 25.0 Å². The maximum atomic E-state index is 11.5. The molecular formula is C12H19N3O. The predicted molar refractivity (Wildman–Crippen MR) is 63.3 cm³/mol. The minimum absolute atomic E-state index is 0.147. The zero-order chi connectivity index (χ0) is 11.4. The molecule has 0 bridgehead atoms. The van der Waals surface area contributed by atoms with E-state index in [-0.39, 0.29) is 5.69 Å². The van der Waals surface area contributed by atoms with Crippen LogP contribution in [-0.2, 0) is 6.54 Å². The first kappa shape index (κ1) is 11.3. The molecule has 4 nitrogen and oxygen atoms in total. The number of nitrogens with one attached hydrogen (secondary N) is 1. The maximum Gasteiger partial charge on any atom is 0.347 e. The topological polar surface area (TPSA) is 46.9 Å². The van der Waals surface area contributed by atoms with E-state index in [9.17, 15) is 4.79 Å². The minimum atomic E-state index is -0.147. The molecule has 1 atom stereocenters. The summed E-state index contributed by atoms with van der Waals surface area (Å²) in [5.74, 6) is 0.749. The van der Waals surface area contributed by atoms with Crippen LogP contribution < -0.4 is 11.0 Å². The molecule has 1 unspecified atom stereocenters. The number of rotatable bonds is 6. The lowest BCUT2D eigenvalue weighted by Crippen LogP contribution is -2.38. The summed E-state index contributed by atoms with van der Waals surface area (Å²) in [6.07, 6.45) is 7.07. The third kappa shape index (κ3) is 2.92. The molecule has 1 aliphatic rings. The predicted octanol–water partition coefficient (Wildman–Crippen LogP) is 1.02. The highest BCUT2D eigenvalue weighted by atomic mass is 16.1. The summed E-state index contributed by atoms with van der Waals surface area (Å²) in [7, 11) is 0. The normalized spacial score (nSPS) is 17.3. The van der Waals surface area contributed by atoms with Crippen molar-refractivity contribution in [1.29, 1.82) is 0 Å². The van der Waals surface area contributed by atoms with E-state index in [2.05, 4.69) is 17.2 Å². The molecule has 1 N–H and O–H groups in total. The molecular weight excluding hydrogens is 202 g/mol. The molecule has 0 saturated heterocycles. The molecule has 2 rings (SSSR count). The van der Waals surface area contributed by atoms with Gasteiger partial charge in [-0.15, -0.1) is 0 Å². The Morgan fingerprint density at radius 1 is 1.62 bits per heavy atom.